The normalized spacial score (nSPS) is 13.6. The molecule has 1 N–H and O–H groups in total. The first-order chi connectivity index (χ1) is 14.2. The summed E-state index contributed by atoms with van der Waals surface area (Å²) < 4.78 is 0. The summed E-state index contributed by atoms with van der Waals surface area (Å²) in [5.41, 5.74) is 4.22. The summed E-state index contributed by atoms with van der Waals surface area (Å²) in [6, 6.07) is 7.74. The van der Waals surface area contributed by atoms with Gasteiger partial charge in [0.1, 0.15) is 6.33 Å². The molecule has 0 aromatic carbocycles. The number of hydrogen-bond donors (Lipinski definition) is 1. The van der Waals surface area contributed by atoms with Gasteiger partial charge in [-0.15, -0.1) is 0 Å². The van der Waals surface area contributed by atoms with Gasteiger partial charge in [-0.3, -0.25) is 9.88 Å². The van der Waals surface area contributed by atoms with Crippen LogP contribution < -0.4 is 15.1 Å². The summed E-state index contributed by atoms with van der Waals surface area (Å²) in [7, 11) is 0. The number of hydrogen-bond acceptors (Lipinski definition) is 6. The molecule has 3 aromatic rings. The van der Waals surface area contributed by atoms with Crippen LogP contribution in [0.5, 0.6) is 0 Å². The van der Waals surface area contributed by atoms with E-state index in [1.807, 2.05) is 31.2 Å². The molecule has 8 nitrogen and oxygen atoms in total. The number of aromatic nitrogens is 4. The third-order valence-electron chi connectivity index (χ3n) is 4.89. The highest BCUT2D eigenvalue weighted by molar-refractivity contribution is 6.03. The van der Waals surface area contributed by atoms with Gasteiger partial charge in [-0.2, -0.15) is 0 Å². The predicted molar refractivity (Wildman–Crippen MR) is 113 cm³/mol. The van der Waals surface area contributed by atoms with Gasteiger partial charge in [-0.05, 0) is 44.5 Å². The van der Waals surface area contributed by atoms with E-state index in [0.29, 0.717) is 18.1 Å². The molecule has 0 unspecified atom stereocenters. The van der Waals surface area contributed by atoms with Crippen molar-refractivity contribution >= 4 is 23.2 Å². The van der Waals surface area contributed by atoms with Gasteiger partial charge in [-0.25, -0.2) is 19.7 Å². The molecule has 1 aliphatic rings. The van der Waals surface area contributed by atoms with E-state index in [0.717, 1.165) is 42.1 Å². The van der Waals surface area contributed by atoms with E-state index >= 15 is 0 Å². The zero-order chi connectivity index (χ0) is 20.2. The minimum Gasteiger partial charge on any atom is -0.369 e. The quantitative estimate of drug-likeness (QED) is 0.738. The molecule has 4 heterocycles. The van der Waals surface area contributed by atoms with Crippen molar-refractivity contribution in [3.05, 3.63) is 54.9 Å². The second kappa shape index (κ2) is 8.22. The summed E-state index contributed by atoms with van der Waals surface area (Å²) in [6.07, 6.45) is 7.21. The molecule has 4 rings (SSSR count). The summed E-state index contributed by atoms with van der Waals surface area (Å²) >= 11 is 0. The zero-order valence-corrected chi connectivity index (χ0v) is 16.5. The lowest BCUT2D eigenvalue weighted by Gasteiger charge is -2.25. The smallest absolute Gasteiger partial charge is 0.327 e. The summed E-state index contributed by atoms with van der Waals surface area (Å²) in [5, 5.41) is 2.87. The van der Waals surface area contributed by atoms with E-state index < -0.39 is 0 Å². The van der Waals surface area contributed by atoms with E-state index in [9.17, 15) is 4.79 Å². The van der Waals surface area contributed by atoms with E-state index in [1.165, 1.54) is 6.33 Å². The Morgan fingerprint density at radius 2 is 2.00 bits per heavy atom. The van der Waals surface area contributed by atoms with Crippen molar-refractivity contribution in [1.29, 1.82) is 0 Å². The molecule has 8 heteroatoms. The lowest BCUT2D eigenvalue weighted by Crippen LogP contribution is -2.36. The third kappa shape index (κ3) is 4.01. The zero-order valence-electron chi connectivity index (χ0n) is 16.5. The number of urea groups is 1. The number of nitrogens with zero attached hydrogens (tertiary/aromatic N) is 6. The van der Waals surface area contributed by atoms with Gasteiger partial charge in [0.25, 0.3) is 0 Å². The SMILES string of the molecule is CCN1CCCN(C(=O)Nc2cncnc2)c2nc(-c3ccnc(C)c3)ccc21. The summed E-state index contributed by atoms with van der Waals surface area (Å²) in [6.45, 7) is 6.37. The van der Waals surface area contributed by atoms with Crippen LogP contribution in [0.1, 0.15) is 19.0 Å². The Kier molecular flexibility index (Phi) is 5.33. The van der Waals surface area contributed by atoms with Crippen molar-refractivity contribution < 1.29 is 4.79 Å². The Morgan fingerprint density at radius 3 is 2.76 bits per heavy atom. The fourth-order valence-electron chi connectivity index (χ4n) is 3.48. The van der Waals surface area contributed by atoms with Gasteiger partial charge in [0.2, 0.25) is 0 Å². The Hall–Kier alpha value is -3.55. The molecule has 0 saturated carbocycles. The van der Waals surface area contributed by atoms with Gasteiger partial charge in [-0.1, -0.05) is 0 Å². The van der Waals surface area contributed by atoms with Crippen LogP contribution in [-0.2, 0) is 0 Å². The predicted octanol–water partition coefficient (Wildman–Crippen LogP) is 3.51. The third-order valence-corrected chi connectivity index (χ3v) is 4.89. The minimum absolute atomic E-state index is 0.241. The number of anilines is 3. The number of nitrogens with one attached hydrogen (secondary N) is 1. The Balaban J connectivity index is 1.74. The van der Waals surface area contributed by atoms with Crippen LogP contribution in [0.3, 0.4) is 0 Å². The fraction of sp³-hybridized carbons (Fsp3) is 0.286. The van der Waals surface area contributed by atoms with Crippen LogP contribution in [-0.4, -0.2) is 45.6 Å². The molecule has 0 aliphatic carbocycles. The molecular weight excluding hydrogens is 366 g/mol. The van der Waals surface area contributed by atoms with Crippen LogP contribution in [0.15, 0.2) is 49.2 Å². The van der Waals surface area contributed by atoms with Crippen LogP contribution in [0.25, 0.3) is 11.3 Å². The second-order valence-electron chi connectivity index (χ2n) is 6.87. The molecule has 0 spiro atoms. The number of fused-ring (bicyclic) bond motifs is 1. The lowest BCUT2D eigenvalue weighted by atomic mass is 10.1. The van der Waals surface area contributed by atoms with Gasteiger partial charge < -0.3 is 10.2 Å². The first kappa shape index (κ1) is 18.8. The molecule has 0 saturated heterocycles. The first-order valence-corrected chi connectivity index (χ1v) is 9.68. The molecular formula is C21H23N7O. The lowest BCUT2D eigenvalue weighted by molar-refractivity contribution is 0.257. The van der Waals surface area contributed by atoms with Gasteiger partial charge in [0, 0.05) is 37.1 Å². The van der Waals surface area contributed by atoms with Crippen molar-refractivity contribution in [1.82, 2.24) is 19.9 Å². The van der Waals surface area contributed by atoms with E-state index in [4.69, 9.17) is 4.98 Å². The topological polar surface area (TPSA) is 87.1 Å². The fourth-order valence-corrected chi connectivity index (χ4v) is 3.48. The molecule has 1 aliphatic heterocycles. The molecule has 0 atom stereocenters. The molecule has 3 aromatic heterocycles. The highest BCUT2D eigenvalue weighted by atomic mass is 16.2. The Morgan fingerprint density at radius 1 is 1.17 bits per heavy atom. The van der Waals surface area contributed by atoms with Gasteiger partial charge >= 0.3 is 6.03 Å². The molecule has 2 amide bonds. The standard InChI is InChI=1S/C21H23N7O/c1-3-27-9-4-10-28(21(29)25-17-12-22-14-23-13-17)20-19(27)6-5-18(26-20)16-7-8-24-15(2)11-16/h5-8,11-14H,3-4,9-10H2,1-2H3,(H,25,29). The minimum atomic E-state index is -0.241. The number of amides is 2. The number of rotatable bonds is 3. The van der Waals surface area contributed by atoms with E-state index in [1.54, 1.807) is 23.5 Å². The maximum atomic E-state index is 13.1. The average Bonchev–Trinajstić information content (AvgIpc) is 2.93. The second-order valence-corrected chi connectivity index (χ2v) is 6.87. The number of pyridine rings is 2. The molecule has 0 bridgehead atoms. The van der Waals surface area contributed by atoms with Crippen LogP contribution in [0.4, 0.5) is 22.0 Å². The van der Waals surface area contributed by atoms with Crippen molar-refractivity contribution in [3.8, 4) is 11.3 Å². The van der Waals surface area contributed by atoms with Gasteiger partial charge in [0.05, 0.1) is 29.5 Å². The largest absolute Gasteiger partial charge is 0.369 e. The van der Waals surface area contributed by atoms with Crippen LogP contribution in [0.2, 0.25) is 0 Å². The van der Waals surface area contributed by atoms with E-state index in [-0.39, 0.29) is 6.03 Å². The number of carbonyl (C=O) groups is 1. The molecule has 148 valence electrons. The van der Waals surface area contributed by atoms with Crippen LogP contribution in [0, 0.1) is 6.92 Å². The first-order valence-electron chi connectivity index (χ1n) is 9.68. The van der Waals surface area contributed by atoms with E-state index in [2.05, 4.69) is 32.1 Å². The maximum absolute atomic E-state index is 13.1. The van der Waals surface area contributed by atoms with Crippen molar-refractivity contribution in [3.63, 3.8) is 0 Å². The van der Waals surface area contributed by atoms with Crippen molar-refractivity contribution in [2.75, 3.05) is 34.8 Å². The molecule has 0 radical (unpaired) electrons. The van der Waals surface area contributed by atoms with Crippen molar-refractivity contribution in [2.24, 2.45) is 0 Å². The summed E-state index contributed by atoms with van der Waals surface area (Å²) in [5.74, 6) is 0.658. The highest BCUT2D eigenvalue weighted by Gasteiger charge is 2.26. The Labute approximate surface area is 169 Å². The number of carbonyl (C=O) groups excluding carboxylic acids is 1. The summed E-state index contributed by atoms with van der Waals surface area (Å²) in [4.78, 5) is 34.1. The highest BCUT2D eigenvalue weighted by Crippen LogP contribution is 2.33. The average molecular weight is 389 g/mol. The van der Waals surface area contributed by atoms with Crippen molar-refractivity contribution in [2.45, 2.75) is 20.3 Å². The van der Waals surface area contributed by atoms with Gasteiger partial charge in [0.15, 0.2) is 5.82 Å². The maximum Gasteiger partial charge on any atom is 0.327 e. The molecule has 0 fully saturated rings. The van der Waals surface area contributed by atoms with Crippen LogP contribution >= 0.6 is 0 Å². The monoisotopic (exact) mass is 389 g/mol. The molecule has 29 heavy (non-hydrogen) atoms. The Bertz CT molecular complexity index is 1010. The number of aryl methyl sites for hydroxylation is 1.